The van der Waals surface area contributed by atoms with Gasteiger partial charge in [0.05, 0.1) is 0 Å². The van der Waals surface area contributed by atoms with Crippen molar-refractivity contribution in [2.75, 3.05) is 7.05 Å². The van der Waals surface area contributed by atoms with Crippen molar-refractivity contribution in [3.05, 3.63) is 29.6 Å². The molecular weight excluding hydrogens is 195 g/mol. The Morgan fingerprint density at radius 3 is 2.64 bits per heavy atom. The number of benzene rings is 1. The number of hydrogen-bond donors (Lipinski definition) is 1. The second-order valence-electron chi connectivity index (χ2n) is 2.66. The van der Waals surface area contributed by atoms with Crippen LogP contribution in [-0.4, -0.2) is 13.7 Å². The first kappa shape index (κ1) is 10.8. The molecule has 0 aliphatic carbocycles. The van der Waals surface area contributed by atoms with Crippen molar-refractivity contribution in [2.45, 2.75) is 13.2 Å². The standard InChI is InChI=1S/C9H10F3NO/c1-13-5-6-2-3-7(4-8(6)10)14-9(11)12/h2-4,9,13H,5H2,1H3. The average Bonchev–Trinajstić information content (AvgIpc) is 2.09. The molecule has 1 N–H and O–H groups in total. The molecule has 0 unspecified atom stereocenters. The summed E-state index contributed by atoms with van der Waals surface area (Å²) in [5, 5.41) is 2.76. The van der Waals surface area contributed by atoms with Gasteiger partial charge in [-0.05, 0) is 13.1 Å². The first-order chi connectivity index (χ1) is 6.63. The Kier molecular flexibility index (Phi) is 3.76. The lowest BCUT2D eigenvalue weighted by atomic mass is 10.2. The van der Waals surface area contributed by atoms with Crippen molar-refractivity contribution in [1.29, 1.82) is 0 Å². The second kappa shape index (κ2) is 4.85. The Balaban J connectivity index is 2.78. The van der Waals surface area contributed by atoms with Gasteiger partial charge < -0.3 is 10.1 Å². The Morgan fingerprint density at radius 1 is 1.43 bits per heavy atom. The van der Waals surface area contributed by atoms with Crippen LogP contribution in [-0.2, 0) is 6.54 Å². The van der Waals surface area contributed by atoms with Crippen LogP contribution in [0.5, 0.6) is 5.75 Å². The maximum Gasteiger partial charge on any atom is 0.387 e. The minimum Gasteiger partial charge on any atom is -0.435 e. The molecule has 2 nitrogen and oxygen atoms in total. The van der Waals surface area contributed by atoms with E-state index < -0.39 is 12.4 Å². The number of ether oxygens (including phenoxy) is 1. The van der Waals surface area contributed by atoms with Crippen molar-refractivity contribution >= 4 is 0 Å². The highest BCUT2D eigenvalue weighted by atomic mass is 19.3. The van der Waals surface area contributed by atoms with Gasteiger partial charge in [0.25, 0.3) is 0 Å². The fraction of sp³-hybridized carbons (Fsp3) is 0.333. The van der Waals surface area contributed by atoms with E-state index in [1.807, 2.05) is 0 Å². The summed E-state index contributed by atoms with van der Waals surface area (Å²) in [6.07, 6.45) is 0. The molecule has 0 saturated carbocycles. The van der Waals surface area contributed by atoms with Gasteiger partial charge in [-0.25, -0.2) is 4.39 Å². The monoisotopic (exact) mass is 205 g/mol. The maximum absolute atomic E-state index is 13.1. The van der Waals surface area contributed by atoms with Crippen LogP contribution < -0.4 is 10.1 Å². The number of nitrogens with one attached hydrogen (secondary N) is 1. The van der Waals surface area contributed by atoms with Crippen molar-refractivity contribution in [2.24, 2.45) is 0 Å². The molecule has 0 amide bonds. The van der Waals surface area contributed by atoms with Gasteiger partial charge in [-0.1, -0.05) is 6.07 Å². The third kappa shape index (κ3) is 2.92. The smallest absolute Gasteiger partial charge is 0.387 e. The molecule has 1 aromatic rings. The number of halogens is 3. The third-order valence-corrected chi connectivity index (χ3v) is 1.62. The highest BCUT2D eigenvalue weighted by Crippen LogP contribution is 2.18. The molecule has 0 aliphatic rings. The largest absolute Gasteiger partial charge is 0.435 e. The van der Waals surface area contributed by atoms with Crippen molar-refractivity contribution in [3.8, 4) is 5.75 Å². The molecule has 0 heterocycles. The molecule has 1 aromatic carbocycles. The van der Waals surface area contributed by atoms with Gasteiger partial charge in [-0.3, -0.25) is 0 Å². The second-order valence-corrected chi connectivity index (χ2v) is 2.66. The molecule has 5 heteroatoms. The van der Waals surface area contributed by atoms with E-state index >= 15 is 0 Å². The van der Waals surface area contributed by atoms with Gasteiger partial charge in [0.2, 0.25) is 0 Å². The van der Waals surface area contributed by atoms with Gasteiger partial charge in [0, 0.05) is 18.2 Å². The Labute approximate surface area is 79.7 Å². The Morgan fingerprint density at radius 2 is 2.14 bits per heavy atom. The summed E-state index contributed by atoms with van der Waals surface area (Å²) in [5.41, 5.74) is 0.411. The summed E-state index contributed by atoms with van der Waals surface area (Å²) >= 11 is 0. The molecule has 0 saturated heterocycles. The summed E-state index contributed by atoms with van der Waals surface area (Å²) in [6.45, 7) is -2.58. The molecule has 0 atom stereocenters. The van der Waals surface area contributed by atoms with Crippen molar-refractivity contribution in [3.63, 3.8) is 0 Å². The number of hydrogen-bond acceptors (Lipinski definition) is 2. The summed E-state index contributed by atoms with van der Waals surface area (Å²) in [7, 11) is 1.67. The van der Waals surface area contributed by atoms with Crippen LogP contribution in [0.3, 0.4) is 0 Å². The highest BCUT2D eigenvalue weighted by Gasteiger charge is 2.07. The van der Waals surface area contributed by atoms with Crippen LogP contribution in [0.25, 0.3) is 0 Å². The van der Waals surface area contributed by atoms with Crippen LogP contribution in [0.15, 0.2) is 18.2 Å². The molecule has 0 bridgehead atoms. The zero-order valence-electron chi connectivity index (χ0n) is 7.56. The molecule has 0 aromatic heterocycles. The van der Waals surface area contributed by atoms with Crippen LogP contribution >= 0.6 is 0 Å². The molecule has 78 valence electrons. The minimum absolute atomic E-state index is 0.169. The number of alkyl halides is 2. The lowest BCUT2D eigenvalue weighted by molar-refractivity contribution is -0.0500. The lowest BCUT2D eigenvalue weighted by Gasteiger charge is -2.06. The SMILES string of the molecule is CNCc1ccc(OC(F)F)cc1F. The highest BCUT2D eigenvalue weighted by molar-refractivity contribution is 5.28. The molecule has 0 aliphatic heterocycles. The van der Waals surface area contributed by atoms with E-state index in [9.17, 15) is 13.2 Å². The van der Waals surface area contributed by atoms with Crippen LogP contribution in [0, 0.1) is 5.82 Å². The fourth-order valence-corrected chi connectivity index (χ4v) is 1.04. The summed E-state index contributed by atoms with van der Waals surface area (Å²) in [5.74, 6) is -0.727. The van der Waals surface area contributed by atoms with E-state index in [2.05, 4.69) is 10.1 Å². The first-order valence-electron chi connectivity index (χ1n) is 4.01. The van der Waals surface area contributed by atoms with E-state index in [1.54, 1.807) is 7.05 Å². The summed E-state index contributed by atoms with van der Waals surface area (Å²) in [6, 6.07) is 3.66. The molecule has 1 rings (SSSR count). The third-order valence-electron chi connectivity index (χ3n) is 1.62. The van der Waals surface area contributed by atoms with Gasteiger partial charge in [-0.2, -0.15) is 8.78 Å². The van der Waals surface area contributed by atoms with Gasteiger partial charge in [0.1, 0.15) is 11.6 Å². The van der Waals surface area contributed by atoms with Crippen LogP contribution in [0.2, 0.25) is 0 Å². The Bertz CT molecular complexity index is 304. The quantitative estimate of drug-likeness (QED) is 0.813. The summed E-state index contributed by atoms with van der Waals surface area (Å²) < 4.78 is 40.6. The minimum atomic E-state index is -2.93. The average molecular weight is 205 g/mol. The zero-order chi connectivity index (χ0) is 10.6. The summed E-state index contributed by atoms with van der Waals surface area (Å²) in [4.78, 5) is 0. The zero-order valence-corrected chi connectivity index (χ0v) is 7.56. The number of rotatable bonds is 4. The van der Waals surface area contributed by atoms with E-state index in [0.717, 1.165) is 6.07 Å². The van der Waals surface area contributed by atoms with Gasteiger partial charge in [0.15, 0.2) is 0 Å². The molecule has 14 heavy (non-hydrogen) atoms. The fourth-order valence-electron chi connectivity index (χ4n) is 1.04. The van der Waals surface area contributed by atoms with Crippen molar-refractivity contribution in [1.82, 2.24) is 5.32 Å². The van der Waals surface area contributed by atoms with Gasteiger partial charge >= 0.3 is 6.61 Å². The van der Waals surface area contributed by atoms with Crippen molar-refractivity contribution < 1.29 is 17.9 Å². The maximum atomic E-state index is 13.1. The first-order valence-corrected chi connectivity index (χ1v) is 4.01. The Hall–Kier alpha value is -1.23. The molecule has 0 radical (unpaired) electrons. The van der Waals surface area contributed by atoms with E-state index in [1.165, 1.54) is 12.1 Å². The van der Waals surface area contributed by atoms with Crippen LogP contribution in [0.1, 0.15) is 5.56 Å². The predicted octanol–water partition coefficient (Wildman–Crippen LogP) is 2.15. The van der Waals surface area contributed by atoms with Crippen LogP contribution in [0.4, 0.5) is 13.2 Å². The predicted molar refractivity (Wildman–Crippen MR) is 45.8 cm³/mol. The van der Waals surface area contributed by atoms with E-state index in [4.69, 9.17) is 0 Å². The lowest BCUT2D eigenvalue weighted by Crippen LogP contribution is -2.08. The molecular formula is C9H10F3NO. The molecule has 0 spiro atoms. The van der Waals surface area contributed by atoms with E-state index in [0.29, 0.717) is 12.1 Å². The normalized spacial score (nSPS) is 10.6. The topological polar surface area (TPSA) is 21.3 Å². The van der Waals surface area contributed by atoms with E-state index in [-0.39, 0.29) is 5.75 Å². The molecule has 0 fully saturated rings. The van der Waals surface area contributed by atoms with Gasteiger partial charge in [-0.15, -0.1) is 0 Å².